The van der Waals surface area contributed by atoms with Gasteiger partial charge in [0.15, 0.2) is 0 Å². The molecule has 0 bridgehead atoms. The van der Waals surface area contributed by atoms with Crippen LogP contribution in [-0.4, -0.2) is 24.4 Å². The van der Waals surface area contributed by atoms with Crippen LogP contribution in [0.4, 0.5) is 0 Å². The summed E-state index contributed by atoms with van der Waals surface area (Å²) >= 11 is 0. The minimum Gasteiger partial charge on any atom is -0.384 e. The average Bonchev–Trinajstić information content (AvgIpc) is 2.26. The van der Waals surface area contributed by atoms with Crippen LogP contribution in [0, 0.1) is 17.4 Å². The van der Waals surface area contributed by atoms with Gasteiger partial charge in [-0.05, 0) is 24.6 Å². The van der Waals surface area contributed by atoms with Gasteiger partial charge in [-0.1, -0.05) is 6.92 Å². The van der Waals surface area contributed by atoms with Crippen molar-refractivity contribution < 1.29 is 4.74 Å². The van der Waals surface area contributed by atoms with Gasteiger partial charge >= 0.3 is 0 Å². The second kappa shape index (κ2) is 5.50. The van der Waals surface area contributed by atoms with Crippen LogP contribution in [-0.2, 0) is 4.74 Å². The molecule has 1 aromatic heterocycles. The summed E-state index contributed by atoms with van der Waals surface area (Å²) in [6.07, 6.45) is 2.55. The molecule has 0 fully saturated rings. The summed E-state index contributed by atoms with van der Waals surface area (Å²) < 4.78 is 5.06. The predicted octanol–water partition coefficient (Wildman–Crippen LogP) is 1.92. The molecule has 0 aliphatic carbocycles. The van der Waals surface area contributed by atoms with Gasteiger partial charge in [0.05, 0.1) is 18.0 Å². The average molecular weight is 191 g/mol. The van der Waals surface area contributed by atoms with Crippen LogP contribution in [0.3, 0.4) is 0 Å². The molecule has 3 heteroatoms. The van der Waals surface area contributed by atoms with E-state index in [-0.39, 0.29) is 5.92 Å². The summed E-state index contributed by atoms with van der Waals surface area (Å²) in [7, 11) is 1.65. The van der Waals surface area contributed by atoms with E-state index in [1.165, 1.54) is 0 Å². The first kappa shape index (κ1) is 10.9. The van der Waals surface area contributed by atoms with Crippen molar-refractivity contribution in [3.8, 4) is 0 Å². The molecule has 1 radical (unpaired) electrons. The van der Waals surface area contributed by atoms with Crippen molar-refractivity contribution in [1.82, 2.24) is 4.98 Å². The highest BCUT2D eigenvalue weighted by Crippen LogP contribution is 2.10. The van der Waals surface area contributed by atoms with E-state index in [1.54, 1.807) is 25.4 Å². The number of rotatable bonds is 5. The summed E-state index contributed by atoms with van der Waals surface area (Å²) in [6, 6.07) is 6.39. The van der Waals surface area contributed by atoms with Crippen molar-refractivity contribution in [2.75, 3.05) is 13.7 Å². The first-order chi connectivity index (χ1) is 6.79. The fourth-order valence-electron chi connectivity index (χ4n) is 1.29. The molecule has 0 saturated heterocycles. The van der Waals surface area contributed by atoms with E-state index < -0.39 is 0 Å². The first-order valence-corrected chi connectivity index (χ1v) is 4.69. The topological polar surface area (TPSA) is 46.0 Å². The van der Waals surface area contributed by atoms with E-state index >= 15 is 0 Å². The van der Waals surface area contributed by atoms with Crippen molar-refractivity contribution >= 4 is 5.71 Å². The highest BCUT2D eigenvalue weighted by molar-refractivity contribution is 5.98. The van der Waals surface area contributed by atoms with Gasteiger partial charge in [-0.3, -0.25) is 4.98 Å². The standard InChI is InChI=1S/C11H15N2O/c1-3-9(8-14-2)11(12)10-6-4-5-7-13-10/h5-7,9,12H,3,8H2,1-2H3. The molecule has 1 atom stereocenters. The monoisotopic (exact) mass is 191 g/mol. The number of methoxy groups -OCH3 is 1. The van der Waals surface area contributed by atoms with Crippen molar-refractivity contribution in [1.29, 1.82) is 5.41 Å². The van der Waals surface area contributed by atoms with Crippen LogP contribution >= 0.6 is 0 Å². The van der Waals surface area contributed by atoms with Crippen molar-refractivity contribution in [3.63, 3.8) is 0 Å². The van der Waals surface area contributed by atoms with E-state index in [0.717, 1.165) is 6.42 Å². The molecule has 1 rings (SSSR count). The molecule has 3 nitrogen and oxygen atoms in total. The number of hydrogen-bond acceptors (Lipinski definition) is 3. The van der Waals surface area contributed by atoms with Crippen molar-refractivity contribution in [3.05, 3.63) is 30.1 Å². The maximum absolute atomic E-state index is 7.93. The summed E-state index contributed by atoms with van der Waals surface area (Å²) in [5, 5.41) is 7.93. The van der Waals surface area contributed by atoms with E-state index in [1.807, 2.05) is 6.92 Å². The number of pyridine rings is 1. The number of nitrogens with one attached hydrogen (secondary N) is 1. The molecule has 0 amide bonds. The SMILES string of the molecule is CCC(COC)C(=N)c1c[c]ccn1. The lowest BCUT2D eigenvalue weighted by molar-refractivity contribution is 0.174. The Hall–Kier alpha value is -1.22. The largest absolute Gasteiger partial charge is 0.384 e. The molecular weight excluding hydrogens is 176 g/mol. The van der Waals surface area contributed by atoms with E-state index in [2.05, 4.69) is 11.1 Å². The first-order valence-electron chi connectivity index (χ1n) is 4.69. The summed E-state index contributed by atoms with van der Waals surface area (Å²) in [4.78, 5) is 4.12. The Bertz CT molecular complexity index is 285. The molecule has 0 aliphatic heterocycles. The molecule has 0 spiro atoms. The molecule has 1 unspecified atom stereocenters. The predicted molar refractivity (Wildman–Crippen MR) is 55.6 cm³/mol. The molecule has 0 aromatic carbocycles. The number of hydrogen-bond donors (Lipinski definition) is 1. The summed E-state index contributed by atoms with van der Waals surface area (Å²) in [6.45, 7) is 2.62. The van der Waals surface area contributed by atoms with Crippen LogP contribution < -0.4 is 0 Å². The zero-order valence-corrected chi connectivity index (χ0v) is 8.58. The molecule has 14 heavy (non-hydrogen) atoms. The Balaban J connectivity index is 2.73. The third-order valence-electron chi connectivity index (χ3n) is 2.15. The maximum atomic E-state index is 7.93. The fourth-order valence-corrected chi connectivity index (χ4v) is 1.29. The number of ether oxygens (including phenoxy) is 1. The Labute approximate surface area is 84.6 Å². The second-order valence-corrected chi connectivity index (χ2v) is 3.12. The fraction of sp³-hybridized carbons (Fsp3) is 0.455. The molecule has 1 N–H and O–H groups in total. The highest BCUT2D eigenvalue weighted by atomic mass is 16.5. The van der Waals surface area contributed by atoms with Crippen molar-refractivity contribution in [2.24, 2.45) is 5.92 Å². The van der Waals surface area contributed by atoms with Crippen LogP contribution in [0.25, 0.3) is 0 Å². The molecule has 0 aliphatic rings. The molecular formula is C11H15N2O. The minimum atomic E-state index is 0.128. The summed E-state index contributed by atoms with van der Waals surface area (Å²) in [5.41, 5.74) is 1.22. The van der Waals surface area contributed by atoms with Gasteiger partial charge in [-0.15, -0.1) is 0 Å². The maximum Gasteiger partial charge on any atom is 0.0847 e. The molecule has 1 heterocycles. The van der Waals surface area contributed by atoms with Gasteiger partial charge in [-0.25, -0.2) is 0 Å². The molecule has 75 valence electrons. The van der Waals surface area contributed by atoms with E-state index in [0.29, 0.717) is 18.0 Å². The van der Waals surface area contributed by atoms with Gasteiger partial charge in [-0.2, -0.15) is 0 Å². The normalized spacial score (nSPS) is 12.4. The summed E-state index contributed by atoms with van der Waals surface area (Å²) in [5.74, 6) is 0.128. The second-order valence-electron chi connectivity index (χ2n) is 3.12. The Morgan fingerprint density at radius 3 is 3.00 bits per heavy atom. The van der Waals surface area contributed by atoms with E-state index in [4.69, 9.17) is 10.1 Å². The number of nitrogens with zero attached hydrogens (tertiary/aromatic N) is 1. The Morgan fingerprint density at radius 2 is 2.50 bits per heavy atom. The van der Waals surface area contributed by atoms with Crippen LogP contribution in [0.2, 0.25) is 0 Å². The van der Waals surface area contributed by atoms with Gasteiger partial charge in [0, 0.05) is 19.2 Å². The third kappa shape index (κ3) is 2.64. The van der Waals surface area contributed by atoms with Gasteiger partial charge in [0.25, 0.3) is 0 Å². The van der Waals surface area contributed by atoms with Gasteiger partial charge in [0.1, 0.15) is 0 Å². The Kier molecular flexibility index (Phi) is 4.26. The Morgan fingerprint density at radius 1 is 1.71 bits per heavy atom. The van der Waals surface area contributed by atoms with Gasteiger partial charge < -0.3 is 10.1 Å². The zero-order chi connectivity index (χ0) is 10.4. The minimum absolute atomic E-state index is 0.128. The number of aromatic nitrogens is 1. The van der Waals surface area contributed by atoms with Crippen LogP contribution in [0.1, 0.15) is 19.0 Å². The van der Waals surface area contributed by atoms with Gasteiger partial charge in [0.2, 0.25) is 0 Å². The smallest absolute Gasteiger partial charge is 0.0847 e. The lowest BCUT2D eigenvalue weighted by atomic mass is 9.98. The molecule has 0 saturated carbocycles. The quantitative estimate of drug-likeness (QED) is 0.723. The third-order valence-corrected chi connectivity index (χ3v) is 2.15. The molecule has 1 aromatic rings. The highest BCUT2D eigenvalue weighted by Gasteiger charge is 2.14. The lowest BCUT2D eigenvalue weighted by Crippen LogP contribution is -2.20. The van der Waals surface area contributed by atoms with E-state index in [9.17, 15) is 0 Å². The van der Waals surface area contributed by atoms with Crippen LogP contribution in [0.5, 0.6) is 0 Å². The zero-order valence-electron chi connectivity index (χ0n) is 8.58. The van der Waals surface area contributed by atoms with Crippen molar-refractivity contribution in [2.45, 2.75) is 13.3 Å². The van der Waals surface area contributed by atoms with Crippen LogP contribution in [0.15, 0.2) is 18.3 Å². The lowest BCUT2D eigenvalue weighted by Gasteiger charge is -2.14.